The van der Waals surface area contributed by atoms with Crippen LogP contribution in [0.3, 0.4) is 0 Å². The van der Waals surface area contributed by atoms with Gasteiger partial charge in [-0.05, 0) is 41.8 Å². The molecule has 2 rings (SSSR count). The van der Waals surface area contributed by atoms with Gasteiger partial charge in [-0.25, -0.2) is 4.39 Å². The summed E-state index contributed by atoms with van der Waals surface area (Å²) in [5, 5.41) is 0.963. The second kappa shape index (κ2) is 7.19. The highest BCUT2D eigenvalue weighted by Crippen LogP contribution is 2.34. The van der Waals surface area contributed by atoms with Crippen LogP contribution in [0.5, 0.6) is 0 Å². The Kier molecular flexibility index (Phi) is 5.79. The number of hydrogen-bond donors (Lipinski definition) is 0. The Labute approximate surface area is 143 Å². The standard InChI is InChI=1S/C16H13Cl4F/c17-9-16(10-18,12-2-1-3-13(19)6-12)8-11-4-5-14(20)7-15(11)21/h1-7H,8-10H2. The Hall–Kier alpha value is -0.470. The molecule has 0 fully saturated rings. The van der Waals surface area contributed by atoms with E-state index in [0.29, 0.717) is 22.0 Å². The van der Waals surface area contributed by atoms with E-state index in [4.69, 9.17) is 46.4 Å². The molecular weight excluding hydrogens is 353 g/mol. The fourth-order valence-corrected chi connectivity index (χ4v) is 3.37. The minimum absolute atomic E-state index is 0.263. The van der Waals surface area contributed by atoms with Crippen molar-refractivity contribution in [1.29, 1.82) is 0 Å². The average molecular weight is 366 g/mol. The summed E-state index contributed by atoms with van der Waals surface area (Å²) in [6, 6.07) is 12.0. The molecule has 0 aliphatic rings. The van der Waals surface area contributed by atoms with Crippen LogP contribution in [0.4, 0.5) is 4.39 Å². The fraction of sp³-hybridized carbons (Fsp3) is 0.250. The van der Waals surface area contributed by atoms with Crippen molar-refractivity contribution in [3.63, 3.8) is 0 Å². The quantitative estimate of drug-likeness (QED) is 0.562. The van der Waals surface area contributed by atoms with E-state index in [-0.39, 0.29) is 17.6 Å². The first kappa shape index (κ1) is 16.9. The van der Waals surface area contributed by atoms with E-state index in [1.54, 1.807) is 18.2 Å². The maximum Gasteiger partial charge on any atom is 0.127 e. The summed E-state index contributed by atoms with van der Waals surface area (Å²) >= 11 is 24.2. The maximum atomic E-state index is 14.1. The molecule has 0 saturated heterocycles. The Morgan fingerprint density at radius 3 is 2.14 bits per heavy atom. The van der Waals surface area contributed by atoms with Crippen LogP contribution in [0, 0.1) is 5.82 Å². The van der Waals surface area contributed by atoms with E-state index in [1.165, 1.54) is 6.07 Å². The van der Waals surface area contributed by atoms with Gasteiger partial charge in [-0.3, -0.25) is 0 Å². The van der Waals surface area contributed by atoms with Gasteiger partial charge in [0.25, 0.3) is 0 Å². The molecule has 0 amide bonds. The Morgan fingerprint density at radius 1 is 0.905 bits per heavy atom. The van der Waals surface area contributed by atoms with Crippen molar-refractivity contribution in [1.82, 2.24) is 0 Å². The van der Waals surface area contributed by atoms with Crippen molar-refractivity contribution in [3.05, 3.63) is 69.5 Å². The summed E-state index contributed by atoms with van der Waals surface area (Å²) in [6.07, 6.45) is 0.378. The van der Waals surface area contributed by atoms with Gasteiger partial charge >= 0.3 is 0 Å². The predicted molar refractivity (Wildman–Crippen MR) is 89.7 cm³/mol. The molecule has 2 aromatic carbocycles. The van der Waals surface area contributed by atoms with Crippen molar-refractivity contribution in [3.8, 4) is 0 Å². The van der Waals surface area contributed by atoms with Crippen LogP contribution in [-0.2, 0) is 11.8 Å². The van der Waals surface area contributed by atoms with Gasteiger partial charge in [0.05, 0.1) is 0 Å². The van der Waals surface area contributed by atoms with E-state index in [9.17, 15) is 4.39 Å². The maximum absolute atomic E-state index is 14.1. The SMILES string of the molecule is Fc1cc(Cl)ccc1CC(CCl)(CCl)c1cccc(Cl)c1. The van der Waals surface area contributed by atoms with Crippen LogP contribution in [0.25, 0.3) is 0 Å². The molecule has 0 radical (unpaired) electrons. The molecule has 0 heterocycles. The first-order valence-corrected chi connectivity index (χ1v) is 8.15. The van der Waals surface area contributed by atoms with E-state index < -0.39 is 5.41 Å². The molecule has 112 valence electrons. The van der Waals surface area contributed by atoms with Crippen LogP contribution in [0.2, 0.25) is 10.0 Å². The smallest absolute Gasteiger partial charge is 0.127 e. The van der Waals surface area contributed by atoms with Crippen molar-refractivity contribution < 1.29 is 4.39 Å². The van der Waals surface area contributed by atoms with Gasteiger partial charge in [0.1, 0.15) is 5.82 Å². The molecule has 0 N–H and O–H groups in total. The van der Waals surface area contributed by atoms with E-state index in [0.717, 1.165) is 5.56 Å². The van der Waals surface area contributed by atoms with Gasteiger partial charge in [0, 0.05) is 27.2 Å². The summed E-state index contributed by atoms with van der Waals surface area (Å²) in [6.45, 7) is 0. The summed E-state index contributed by atoms with van der Waals surface area (Å²) in [4.78, 5) is 0. The third-order valence-corrected chi connectivity index (χ3v) is 4.99. The molecule has 0 bridgehead atoms. The predicted octanol–water partition coefficient (Wildman–Crippen LogP) is 6.09. The molecular formula is C16H13Cl4F. The van der Waals surface area contributed by atoms with Crippen LogP contribution < -0.4 is 0 Å². The third-order valence-electron chi connectivity index (χ3n) is 3.49. The molecule has 5 heteroatoms. The zero-order valence-corrected chi connectivity index (χ0v) is 14.1. The summed E-state index contributed by atoms with van der Waals surface area (Å²) in [5.74, 6) is 0.168. The molecule has 0 atom stereocenters. The highest BCUT2D eigenvalue weighted by molar-refractivity contribution is 6.31. The number of alkyl halides is 2. The molecule has 2 aromatic rings. The van der Waals surface area contributed by atoms with Crippen LogP contribution in [0.1, 0.15) is 11.1 Å². The summed E-state index contributed by atoms with van der Waals surface area (Å²) in [5.41, 5.74) is 0.845. The Balaban J connectivity index is 2.43. The normalized spacial score (nSPS) is 11.7. The lowest BCUT2D eigenvalue weighted by atomic mass is 9.78. The van der Waals surface area contributed by atoms with Gasteiger partial charge in [-0.1, -0.05) is 41.4 Å². The molecule has 0 saturated carbocycles. The van der Waals surface area contributed by atoms with Crippen LogP contribution in [0.15, 0.2) is 42.5 Å². The Bertz CT molecular complexity index is 623. The van der Waals surface area contributed by atoms with Gasteiger partial charge in [0.2, 0.25) is 0 Å². The zero-order chi connectivity index (χ0) is 15.5. The van der Waals surface area contributed by atoms with Crippen molar-refractivity contribution in [2.24, 2.45) is 0 Å². The summed E-state index contributed by atoms with van der Waals surface area (Å²) < 4.78 is 14.1. The first-order valence-electron chi connectivity index (χ1n) is 6.33. The van der Waals surface area contributed by atoms with Crippen LogP contribution >= 0.6 is 46.4 Å². The lowest BCUT2D eigenvalue weighted by molar-refractivity contribution is 0.512. The topological polar surface area (TPSA) is 0 Å². The van der Waals surface area contributed by atoms with E-state index in [2.05, 4.69) is 0 Å². The largest absolute Gasteiger partial charge is 0.207 e. The molecule has 21 heavy (non-hydrogen) atoms. The number of halogens is 5. The van der Waals surface area contributed by atoms with Crippen LogP contribution in [-0.4, -0.2) is 11.8 Å². The molecule has 0 unspecified atom stereocenters. The van der Waals surface area contributed by atoms with Gasteiger partial charge < -0.3 is 0 Å². The van der Waals surface area contributed by atoms with Gasteiger partial charge in [-0.2, -0.15) is 0 Å². The number of hydrogen-bond acceptors (Lipinski definition) is 0. The number of rotatable bonds is 5. The second-order valence-corrected chi connectivity index (χ2v) is 6.38. The van der Waals surface area contributed by atoms with Crippen molar-refractivity contribution in [2.45, 2.75) is 11.8 Å². The minimum atomic E-state index is -0.581. The van der Waals surface area contributed by atoms with Gasteiger partial charge in [0.15, 0.2) is 0 Å². The summed E-state index contributed by atoms with van der Waals surface area (Å²) in [7, 11) is 0. The molecule has 0 nitrogen and oxygen atoms in total. The minimum Gasteiger partial charge on any atom is -0.207 e. The highest BCUT2D eigenvalue weighted by Gasteiger charge is 2.32. The lowest BCUT2D eigenvalue weighted by Gasteiger charge is -2.30. The van der Waals surface area contributed by atoms with Crippen molar-refractivity contribution >= 4 is 46.4 Å². The third kappa shape index (κ3) is 3.84. The average Bonchev–Trinajstić information content (AvgIpc) is 2.47. The second-order valence-electron chi connectivity index (χ2n) is 4.97. The monoisotopic (exact) mass is 364 g/mol. The molecule has 0 aliphatic carbocycles. The molecule has 0 aromatic heterocycles. The lowest BCUT2D eigenvalue weighted by Crippen LogP contribution is -2.33. The van der Waals surface area contributed by atoms with Gasteiger partial charge in [-0.15, -0.1) is 23.2 Å². The fourth-order valence-electron chi connectivity index (χ4n) is 2.23. The molecule has 0 aliphatic heterocycles. The highest BCUT2D eigenvalue weighted by atomic mass is 35.5. The zero-order valence-electron chi connectivity index (χ0n) is 11.1. The van der Waals surface area contributed by atoms with E-state index in [1.807, 2.05) is 18.2 Å². The number of benzene rings is 2. The first-order chi connectivity index (χ1) is 10.0. The van der Waals surface area contributed by atoms with E-state index >= 15 is 0 Å². The molecule has 0 spiro atoms. The Morgan fingerprint density at radius 2 is 1.57 bits per heavy atom. The van der Waals surface area contributed by atoms with Crippen molar-refractivity contribution in [2.75, 3.05) is 11.8 Å².